The van der Waals surface area contributed by atoms with Crippen LogP contribution in [0.1, 0.15) is 71.6 Å². The number of unbranched alkanes of at least 4 members (excludes halogenated alkanes) is 2. The summed E-state index contributed by atoms with van der Waals surface area (Å²) in [6, 6.07) is 0. The number of hydrogen-bond donors (Lipinski definition) is 2. The van der Waals surface area contributed by atoms with E-state index in [1.807, 2.05) is 0 Å². The van der Waals surface area contributed by atoms with E-state index in [2.05, 4.69) is 40.4 Å². The molecule has 8 heteroatoms. The van der Waals surface area contributed by atoms with Crippen molar-refractivity contribution in [2.45, 2.75) is 71.6 Å². The highest BCUT2D eigenvalue weighted by molar-refractivity contribution is 9.09. The molecule has 0 saturated heterocycles. The van der Waals surface area contributed by atoms with Crippen molar-refractivity contribution < 1.29 is 23.8 Å². The van der Waals surface area contributed by atoms with Gasteiger partial charge < -0.3 is 24.8 Å². The maximum absolute atomic E-state index is 11.9. The van der Waals surface area contributed by atoms with Gasteiger partial charge in [0.2, 0.25) is 11.8 Å². The highest BCUT2D eigenvalue weighted by atomic mass is 79.9. The van der Waals surface area contributed by atoms with Crippen LogP contribution in [0, 0.1) is 5.92 Å². The van der Waals surface area contributed by atoms with Gasteiger partial charge in [0, 0.05) is 19.5 Å². The largest absolute Gasteiger partial charge is 0.377 e. The van der Waals surface area contributed by atoms with Gasteiger partial charge in [0.05, 0.1) is 45.0 Å². The van der Waals surface area contributed by atoms with Gasteiger partial charge in [-0.25, -0.2) is 0 Å². The van der Waals surface area contributed by atoms with Gasteiger partial charge in [-0.3, -0.25) is 9.59 Å². The van der Waals surface area contributed by atoms with Gasteiger partial charge in [-0.2, -0.15) is 0 Å². The van der Waals surface area contributed by atoms with Crippen molar-refractivity contribution in [1.29, 1.82) is 0 Å². The average molecular weight is 510 g/mol. The molecule has 1 unspecified atom stereocenters. The lowest BCUT2D eigenvalue weighted by Crippen LogP contribution is -2.28. The van der Waals surface area contributed by atoms with Crippen LogP contribution in [0.5, 0.6) is 0 Å². The second-order valence-corrected chi connectivity index (χ2v) is 8.27. The molecule has 0 radical (unpaired) electrons. The molecule has 0 heterocycles. The van der Waals surface area contributed by atoms with Gasteiger partial charge in [-0.05, 0) is 12.3 Å². The molecule has 0 fully saturated rings. The molecular formula is C23H45BrN2O5. The third-order valence-corrected chi connectivity index (χ3v) is 5.44. The second-order valence-electron chi connectivity index (χ2n) is 7.71. The van der Waals surface area contributed by atoms with Crippen molar-refractivity contribution in [3.8, 4) is 0 Å². The molecule has 0 aliphatic carbocycles. The van der Waals surface area contributed by atoms with Crippen molar-refractivity contribution >= 4 is 27.7 Å². The van der Waals surface area contributed by atoms with E-state index in [0.29, 0.717) is 64.5 Å². The Kier molecular flexibility index (Phi) is 23.4. The Labute approximate surface area is 197 Å². The zero-order valence-electron chi connectivity index (χ0n) is 19.7. The lowest BCUT2D eigenvalue weighted by Gasteiger charge is -2.15. The summed E-state index contributed by atoms with van der Waals surface area (Å²) in [5, 5.41) is 5.92. The highest BCUT2D eigenvalue weighted by Crippen LogP contribution is 2.21. The number of ether oxygens (including phenoxy) is 3. The minimum atomic E-state index is -0.0495. The third kappa shape index (κ3) is 22.3. The third-order valence-electron chi connectivity index (χ3n) is 4.93. The van der Waals surface area contributed by atoms with E-state index in [-0.39, 0.29) is 11.8 Å². The molecule has 1 atom stereocenters. The standard InChI is InChI=1S/C23H45BrN2O5/c1-3-5-9-21(8-4-2)10-6-7-11-22(27)25-12-14-29-16-18-31-19-17-30-15-13-26-23(28)20-24/h21H,3-20H2,1-2H3,(H,25,27)(H,26,28). The van der Waals surface area contributed by atoms with Gasteiger partial charge in [0.1, 0.15) is 0 Å². The van der Waals surface area contributed by atoms with E-state index in [1.165, 1.54) is 38.5 Å². The number of halogens is 1. The van der Waals surface area contributed by atoms with Crippen LogP contribution in [0.25, 0.3) is 0 Å². The average Bonchev–Trinajstić information content (AvgIpc) is 2.77. The summed E-state index contributed by atoms with van der Waals surface area (Å²) in [6.45, 7) is 8.47. The summed E-state index contributed by atoms with van der Waals surface area (Å²) < 4.78 is 16.2. The van der Waals surface area contributed by atoms with E-state index < -0.39 is 0 Å². The number of carbonyl (C=O) groups excluding carboxylic acids is 2. The van der Waals surface area contributed by atoms with Crippen molar-refractivity contribution in [1.82, 2.24) is 10.6 Å². The van der Waals surface area contributed by atoms with Crippen molar-refractivity contribution in [2.24, 2.45) is 5.92 Å². The van der Waals surface area contributed by atoms with Crippen LogP contribution >= 0.6 is 15.9 Å². The van der Waals surface area contributed by atoms with Crippen LogP contribution in [0.3, 0.4) is 0 Å². The van der Waals surface area contributed by atoms with Gasteiger partial charge in [0.15, 0.2) is 0 Å². The van der Waals surface area contributed by atoms with Gasteiger partial charge >= 0.3 is 0 Å². The van der Waals surface area contributed by atoms with Crippen LogP contribution in [-0.4, -0.2) is 69.9 Å². The predicted octanol–water partition coefficient (Wildman–Crippen LogP) is 3.83. The minimum Gasteiger partial charge on any atom is -0.377 e. The Morgan fingerprint density at radius 2 is 1.26 bits per heavy atom. The van der Waals surface area contributed by atoms with E-state index in [1.54, 1.807) is 0 Å². The molecule has 0 aromatic rings. The normalized spacial score (nSPS) is 12.0. The molecule has 0 saturated carbocycles. The number of hydrogen-bond acceptors (Lipinski definition) is 5. The van der Waals surface area contributed by atoms with E-state index >= 15 is 0 Å². The fraction of sp³-hybridized carbons (Fsp3) is 0.913. The Morgan fingerprint density at radius 3 is 1.81 bits per heavy atom. The molecule has 0 aromatic carbocycles. The van der Waals surface area contributed by atoms with Gasteiger partial charge in [0.25, 0.3) is 0 Å². The van der Waals surface area contributed by atoms with Gasteiger partial charge in [-0.15, -0.1) is 0 Å². The van der Waals surface area contributed by atoms with E-state index in [4.69, 9.17) is 14.2 Å². The fourth-order valence-corrected chi connectivity index (χ4v) is 3.45. The van der Waals surface area contributed by atoms with Crippen LogP contribution in [0.2, 0.25) is 0 Å². The Hall–Kier alpha value is -0.700. The molecule has 0 bridgehead atoms. The molecule has 2 N–H and O–H groups in total. The van der Waals surface area contributed by atoms with Crippen LogP contribution < -0.4 is 10.6 Å². The topological polar surface area (TPSA) is 85.9 Å². The SMILES string of the molecule is CCCCC(CCC)CCCCC(=O)NCCOCCOCCOCCNC(=O)CBr. The summed E-state index contributed by atoms with van der Waals surface area (Å²) >= 11 is 3.08. The first-order valence-corrected chi connectivity index (χ1v) is 13.1. The Bertz CT molecular complexity index is 427. The lowest BCUT2D eigenvalue weighted by atomic mass is 9.91. The zero-order chi connectivity index (χ0) is 23.0. The predicted molar refractivity (Wildman–Crippen MR) is 129 cm³/mol. The number of alkyl halides is 1. The van der Waals surface area contributed by atoms with E-state index in [0.717, 1.165) is 18.8 Å². The zero-order valence-corrected chi connectivity index (χ0v) is 21.3. The number of nitrogens with one attached hydrogen (secondary N) is 2. The summed E-state index contributed by atoms with van der Waals surface area (Å²) in [5.41, 5.74) is 0. The first-order chi connectivity index (χ1) is 15.1. The van der Waals surface area contributed by atoms with Crippen molar-refractivity contribution in [3.63, 3.8) is 0 Å². The summed E-state index contributed by atoms with van der Waals surface area (Å²) in [5.74, 6) is 0.901. The first-order valence-electron chi connectivity index (χ1n) is 12.0. The molecule has 2 amide bonds. The molecular weight excluding hydrogens is 464 g/mol. The van der Waals surface area contributed by atoms with Crippen LogP contribution in [0.4, 0.5) is 0 Å². The van der Waals surface area contributed by atoms with Gasteiger partial charge in [-0.1, -0.05) is 74.7 Å². The smallest absolute Gasteiger partial charge is 0.230 e. The Balaban J connectivity index is 3.36. The Morgan fingerprint density at radius 1 is 0.710 bits per heavy atom. The molecule has 0 spiro atoms. The van der Waals surface area contributed by atoms with Crippen molar-refractivity contribution in [3.05, 3.63) is 0 Å². The summed E-state index contributed by atoms with van der Waals surface area (Å²) in [6.07, 6.45) is 10.5. The quantitative estimate of drug-likeness (QED) is 0.162. The number of amides is 2. The number of carbonyl (C=O) groups is 2. The van der Waals surface area contributed by atoms with Crippen LogP contribution in [-0.2, 0) is 23.8 Å². The van der Waals surface area contributed by atoms with Crippen molar-refractivity contribution in [2.75, 3.05) is 58.1 Å². The monoisotopic (exact) mass is 508 g/mol. The van der Waals surface area contributed by atoms with Crippen LogP contribution in [0.15, 0.2) is 0 Å². The maximum Gasteiger partial charge on any atom is 0.230 e. The highest BCUT2D eigenvalue weighted by Gasteiger charge is 2.08. The molecule has 0 aliphatic heterocycles. The summed E-state index contributed by atoms with van der Waals surface area (Å²) in [4.78, 5) is 22.9. The van der Waals surface area contributed by atoms with E-state index in [9.17, 15) is 9.59 Å². The maximum atomic E-state index is 11.9. The fourth-order valence-electron chi connectivity index (χ4n) is 3.26. The first kappa shape index (κ1) is 30.3. The molecule has 7 nitrogen and oxygen atoms in total. The second kappa shape index (κ2) is 24.0. The number of rotatable bonds is 23. The minimum absolute atomic E-state index is 0.0495. The molecule has 0 rings (SSSR count). The molecule has 0 aliphatic rings. The molecule has 31 heavy (non-hydrogen) atoms. The lowest BCUT2D eigenvalue weighted by molar-refractivity contribution is -0.121. The molecule has 0 aromatic heterocycles. The summed E-state index contributed by atoms with van der Waals surface area (Å²) in [7, 11) is 0. The molecule has 184 valence electrons.